The molecule has 38 heavy (non-hydrogen) atoms. The second-order valence-electron chi connectivity index (χ2n) is 11.8. The van der Waals surface area contributed by atoms with Crippen LogP contribution in [0.15, 0.2) is 6.33 Å². The van der Waals surface area contributed by atoms with E-state index in [2.05, 4.69) is 34.2 Å². The number of aromatic nitrogens is 4. The average Bonchev–Trinajstić information content (AvgIpc) is 3.60. The van der Waals surface area contributed by atoms with Gasteiger partial charge in [-0.2, -0.15) is 9.97 Å². The summed E-state index contributed by atoms with van der Waals surface area (Å²) in [7, 11) is 0. The van der Waals surface area contributed by atoms with Crippen LogP contribution in [0.5, 0.6) is 0 Å². The molecule has 2 aliphatic carbocycles. The van der Waals surface area contributed by atoms with Gasteiger partial charge in [-0.3, -0.25) is 0 Å². The molecule has 0 radical (unpaired) electrons. The van der Waals surface area contributed by atoms with Crippen molar-refractivity contribution in [2.75, 3.05) is 23.9 Å². The summed E-state index contributed by atoms with van der Waals surface area (Å²) in [4.78, 5) is 15.0. The Morgan fingerprint density at radius 2 is 1.79 bits per heavy atom. The first-order chi connectivity index (χ1) is 18.7. The van der Waals surface area contributed by atoms with Crippen LogP contribution >= 0.6 is 0 Å². The maximum absolute atomic E-state index is 6.47. The van der Waals surface area contributed by atoms with E-state index in [0.717, 1.165) is 87.9 Å². The van der Waals surface area contributed by atoms with Gasteiger partial charge in [0.25, 0.3) is 0 Å². The molecule has 5 rings (SSSR count). The van der Waals surface area contributed by atoms with Gasteiger partial charge in [0.1, 0.15) is 0 Å². The first kappa shape index (κ1) is 27.6. The maximum Gasteiger partial charge on any atom is 0.227 e. The number of anilines is 2. The molecule has 2 unspecified atom stereocenters. The van der Waals surface area contributed by atoms with Crippen molar-refractivity contribution in [2.45, 2.75) is 140 Å². The molecule has 2 saturated carbocycles. The Balaban J connectivity index is 1.42. The van der Waals surface area contributed by atoms with Crippen LogP contribution in [0.4, 0.5) is 11.8 Å². The predicted molar refractivity (Wildman–Crippen MR) is 154 cm³/mol. The second kappa shape index (κ2) is 13.4. The Bertz CT molecular complexity index is 998. The predicted octanol–water partition coefficient (Wildman–Crippen LogP) is 5.79. The van der Waals surface area contributed by atoms with E-state index in [0.29, 0.717) is 30.1 Å². The van der Waals surface area contributed by atoms with Crippen molar-refractivity contribution in [3.8, 4) is 0 Å². The number of fused-ring (bicyclic) bond motifs is 1. The molecule has 3 fully saturated rings. The van der Waals surface area contributed by atoms with Crippen molar-refractivity contribution in [3.05, 3.63) is 6.33 Å². The summed E-state index contributed by atoms with van der Waals surface area (Å²) in [5.74, 6) is 1.52. The average molecular weight is 527 g/mol. The lowest BCUT2D eigenvalue weighted by Gasteiger charge is -2.40. The molecule has 0 spiro atoms. The van der Waals surface area contributed by atoms with Gasteiger partial charge in [0.15, 0.2) is 17.0 Å². The highest BCUT2D eigenvalue weighted by molar-refractivity contribution is 5.84. The fourth-order valence-corrected chi connectivity index (χ4v) is 6.62. The molecular formula is C29H50N8O. The molecule has 9 nitrogen and oxygen atoms in total. The fraction of sp³-hybridized carbons (Fsp3) is 0.828. The number of nitrogens with zero attached hydrogens (tertiary/aromatic N) is 5. The van der Waals surface area contributed by atoms with Gasteiger partial charge in [-0.05, 0) is 64.2 Å². The Hall–Kier alpha value is -1.97. The zero-order chi connectivity index (χ0) is 26.3. The number of rotatable bonds is 12. The van der Waals surface area contributed by atoms with E-state index in [1.807, 2.05) is 6.33 Å². The molecule has 3 heterocycles. The standard InChI is InChI=1S/C29H50N8O/c1-3-5-19-38-25(10-4-2)24-13-8-9-18-37(24)35-27-26-28(36(20-31-26)23-11-6-7-12-23)34-29(33-27)32-22-16-14-21(30)15-17-22/h20-25H,3-19,30H2,1-2H3,(H2,32,33,34,35). The number of piperidine rings is 1. The van der Waals surface area contributed by atoms with Crippen LogP contribution in [-0.2, 0) is 4.74 Å². The van der Waals surface area contributed by atoms with Crippen molar-refractivity contribution < 1.29 is 4.74 Å². The Labute approximate surface area is 228 Å². The van der Waals surface area contributed by atoms with Crippen LogP contribution in [0.2, 0.25) is 0 Å². The zero-order valence-electron chi connectivity index (χ0n) is 23.7. The number of nitrogens with two attached hydrogens (primary N) is 1. The molecule has 2 aromatic heterocycles. The SMILES string of the molecule is CCCCOC(CCC)C1CCCCN1Nc1nc(NC2CCC(N)CC2)nc2c1ncn2C1CCCC1. The van der Waals surface area contributed by atoms with E-state index in [-0.39, 0.29) is 6.10 Å². The molecule has 4 N–H and O–H groups in total. The lowest BCUT2D eigenvalue weighted by molar-refractivity contribution is -0.0262. The number of imidazole rings is 1. The Morgan fingerprint density at radius 1 is 1.00 bits per heavy atom. The smallest absolute Gasteiger partial charge is 0.227 e. The van der Waals surface area contributed by atoms with Crippen LogP contribution in [0.3, 0.4) is 0 Å². The van der Waals surface area contributed by atoms with Gasteiger partial charge in [-0.15, -0.1) is 0 Å². The highest BCUT2D eigenvalue weighted by Crippen LogP contribution is 2.34. The minimum absolute atomic E-state index is 0.233. The van der Waals surface area contributed by atoms with Crippen LogP contribution in [0.25, 0.3) is 11.2 Å². The van der Waals surface area contributed by atoms with E-state index in [9.17, 15) is 0 Å². The normalized spacial score (nSPS) is 26.1. The monoisotopic (exact) mass is 526 g/mol. The van der Waals surface area contributed by atoms with Gasteiger partial charge in [0.2, 0.25) is 5.95 Å². The summed E-state index contributed by atoms with van der Waals surface area (Å²) >= 11 is 0. The van der Waals surface area contributed by atoms with Gasteiger partial charge in [0.05, 0.1) is 18.5 Å². The first-order valence-electron chi connectivity index (χ1n) is 15.6. The fourth-order valence-electron chi connectivity index (χ4n) is 6.62. The summed E-state index contributed by atoms with van der Waals surface area (Å²) < 4.78 is 8.77. The summed E-state index contributed by atoms with van der Waals surface area (Å²) in [6.45, 7) is 6.32. The molecule has 1 aliphatic heterocycles. The Morgan fingerprint density at radius 3 is 2.55 bits per heavy atom. The molecule has 3 aliphatic rings. The van der Waals surface area contributed by atoms with Crippen molar-refractivity contribution >= 4 is 22.9 Å². The highest BCUT2D eigenvalue weighted by Gasteiger charge is 2.32. The highest BCUT2D eigenvalue weighted by atomic mass is 16.5. The van der Waals surface area contributed by atoms with Crippen molar-refractivity contribution in [2.24, 2.45) is 5.73 Å². The molecule has 2 aromatic rings. The van der Waals surface area contributed by atoms with Crippen LogP contribution in [0.1, 0.15) is 116 Å². The third kappa shape index (κ3) is 6.59. The lowest BCUT2D eigenvalue weighted by Crippen LogP contribution is -2.50. The second-order valence-corrected chi connectivity index (χ2v) is 11.8. The number of hydrogen-bond acceptors (Lipinski definition) is 8. The van der Waals surface area contributed by atoms with Crippen LogP contribution in [0, 0.1) is 0 Å². The Kier molecular flexibility index (Phi) is 9.73. The minimum Gasteiger partial charge on any atom is -0.377 e. The summed E-state index contributed by atoms with van der Waals surface area (Å²) in [6.07, 6.45) is 19.5. The molecule has 0 aromatic carbocycles. The van der Waals surface area contributed by atoms with E-state index in [1.165, 1.54) is 38.5 Å². The first-order valence-corrected chi connectivity index (χ1v) is 15.6. The summed E-state index contributed by atoms with van der Waals surface area (Å²) in [5.41, 5.74) is 11.7. The largest absolute Gasteiger partial charge is 0.377 e. The number of hydrazine groups is 1. The van der Waals surface area contributed by atoms with Crippen molar-refractivity contribution in [1.82, 2.24) is 24.5 Å². The quantitative estimate of drug-likeness (QED) is 0.298. The topological polar surface area (TPSA) is 106 Å². The summed E-state index contributed by atoms with van der Waals surface area (Å²) in [5, 5.41) is 6.06. The van der Waals surface area contributed by atoms with Gasteiger partial charge in [0, 0.05) is 31.3 Å². The molecule has 0 amide bonds. The molecule has 1 saturated heterocycles. The number of unbranched alkanes of at least 4 members (excludes halogenated alkanes) is 1. The van der Waals surface area contributed by atoms with Gasteiger partial charge in [-0.25, -0.2) is 9.99 Å². The zero-order valence-corrected chi connectivity index (χ0v) is 23.7. The minimum atomic E-state index is 0.233. The third-order valence-electron chi connectivity index (χ3n) is 8.88. The van der Waals surface area contributed by atoms with Gasteiger partial charge in [-0.1, -0.05) is 46.0 Å². The van der Waals surface area contributed by atoms with E-state index < -0.39 is 0 Å². The number of nitrogens with one attached hydrogen (secondary N) is 2. The maximum atomic E-state index is 6.47. The van der Waals surface area contributed by atoms with Gasteiger partial charge >= 0.3 is 0 Å². The van der Waals surface area contributed by atoms with E-state index in [4.69, 9.17) is 25.4 Å². The molecule has 0 bridgehead atoms. The lowest BCUT2D eigenvalue weighted by atomic mass is 9.92. The molecule has 212 valence electrons. The van der Waals surface area contributed by atoms with Crippen molar-refractivity contribution in [3.63, 3.8) is 0 Å². The van der Waals surface area contributed by atoms with Crippen LogP contribution in [-0.4, -0.2) is 61.9 Å². The van der Waals surface area contributed by atoms with Crippen LogP contribution < -0.4 is 16.5 Å². The molecular weight excluding hydrogens is 476 g/mol. The molecule has 2 atom stereocenters. The molecule has 9 heteroatoms. The van der Waals surface area contributed by atoms with Crippen molar-refractivity contribution in [1.29, 1.82) is 0 Å². The third-order valence-corrected chi connectivity index (χ3v) is 8.88. The van der Waals surface area contributed by atoms with E-state index in [1.54, 1.807) is 0 Å². The number of hydrogen-bond donors (Lipinski definition) is 3. The van der Waals surface area contributed by atoms with Gasteiger partial charge < -0.3 is 25.8 Å². The van der Waals surface area contributed by atoms with E-state index >= 15 is 0 Å². The summed E-state index contributed by atoms with van der Waals surface area (Å²) in [6, 6.07) is 1.50. The number of ether oxygens (including phenoxy) is 1.